The third-order valence-corrected chi connectivity index (χ3v) is 4.82. The highest BCUT2D eigenvalue weighted by Gasteiger charge is 2.27. The quantitative estimate of drug-likeness (QED) is 0.539. The largest absolute Gasteiger partial charge is 0.375 e. The molecular formula is C17H23N5OS. The molecule has 7 heteroatoms. The van der Waals surface area contributed by atoms with E-state index in [-0.39, 0.29) is 5.91 Å². The summed E-state index contributed by atoms with van der Waals surface area (Å²) in [6.07, 6.45) is 3.29. The van der Waals surface area contributed by atoms with Crippen molar-refractivity contribution in [1.82, 2.24) is 20.5 Å². The van der Waals surface area contributed by atoms with E-state index in [1.807, 2.05) is 18.2 Å². The number of H-pyrrole nitrogens is 1. The Labute approximate surface area is 146 Å². The van der Waals surface area contributed by atoms with E-state index >= 15 is 0 Å². The fraction of sp³-hybridized carbons (Fsp3) is 0.471. The van der Waals surface area contributed by atoms with Crippen molar-refractivity contribution in [3.8, 4) is 0 Å². The van der Waals surface area contributed by atoms with Gasteiger partial charge in [0.25, 0.3) is 0 Å². The molecule has 0 spiro atoms. The Morgan fingerprint density at radius 3 is 2.92 bits per heavy atom. The van der Waals surface area contributed by atoms with Crippen molar-refractivity contribution in [2.45, 2.75) is 30.3 Å². The Balaban J connectivity index is 1.29. The topological polar surface area (TPSA) is 73.9 Å². The molecule has 1 aliphatic rings. The van der Waals surface area contributed by atoms with Gasteiger partial charge in [-0.3, -0.25) is 9.89 Å². The van der Waals surface area contributed by atoms with Crippen molar-refractivity contribution in [2.24, 2.45) is 0 Å². The minimum absolute atomic E-state index is 0.0279. The zero-order chi connectivity index (χ0) is 16.8. The van der Waals surface area contributed by atoms with E-state index in [2.05, 4.69) is 44.6 Å². The van der Waals surface area contributed by atoms with Crippen LogP contribution in [-0.4, -0.2) is 47.0 Å². The van der Waals surface area contributed by atoms with Gasteiger partial charge in [-0.25, -0.2) is 4.98 Å². The molecule has 0 radical (unpaired) electrons. The van der Waals surface area contributed by atoms with Gasteiger partial charge in [0.1, 0.15) is 5.82 Å². The molecule has 0 aliphatic heterocycles. The smallest absolute Gasteiger partial charge is 0.230 e. The summed E-state index contributed by atoms with van der Waals surface area (Å²) in [6, 6.07) is 10.2. The van der Waals surface area contributed by atoms with Gasteiger partial charge in [-0.2, -0.15) is 0 Å². The first-order valence-corrected chi connectivity index (χ1v) is 9.29. The van der Waals surface area contributed by atoms with Crippen LogP contribution in [0, 0.1) is 0 Å². The maximum Gasteiger partial charge on any atom is 0.230 e. The molecule has 0 unspecified atom stereocenters. The molecule has 1 amide bonds. The van der Waals surface area contributed by atoms with Crippen LogP contribution in [0.5, 0.6) is 0 Å². The van der Waals surface area contributed by atoms with E-state index in [0.717, 1.165) is 18.8 Å². The third kappa shape index (κ3) is 4.99. The number of rotatable bonds is 9. The molecule has 1 heterocycles. The molecule has 24 heavy (non-hydrogen) atoms. The summed E-state index contributed by atoms with van der Waals surface area (Å²) in [4.78, 5) is 18.5. The fourth-order valence-electron chi connectivity index (χ4n) is 2.40. The zero-order valence-corrected chi connectivity index (χ0v) is 14.7. The number of carbonyl (C=O) groups excluding carboxylic acids is 1. The van der Waals surface area contributed by atoms with Gasteiger partial charge in [-0.1, -0.05) is 30.0 Å². The number of carbonyl (C=O) groups is 1. The number of hydrogen-bond acceptors (Lipinski definition) is 5. The number of thioether (sulfide) groups is 1. The highest BCUT2D eigenvalue weighted by Crippen LogP contribution is 2.38. The maximum atomic E-state index is 11.9. The van der Waals surface area contributed by atoms with E-state index in [1.165, 1.54) is 30.3 Å². The number of para-hydroxylation sites is 1. The average molecular weight is 345 g/mol. The lowest BCUT2D eigenvalue weighted by Gasteiger charge is -2.19. The minimum atomic E-state index is 0.0279. The Kier molecular flexibility index (Phi) is 5.74. The van der Waals surface area contributed by atoms with E-state index in [1.54, 1.807) is 0 Å². The Morgan fingerprint density at radius 1 is 1.38 bits per heavy atom. The van der Waals surface area contributed by atoms with Crippen molar-refractivity contribution in [3.63, 3.8) is 0 Å². The van der Waals surface area contributed by atoms with Crippen LogP contribution in [0.2, 0.25) is 0 Å². The number of nitrogens with one attached hydrogen (secondary N) is 2. The van der Waals surface area contributed by atoms with Crippen LogP contribution in [-0.2, 0) is 4.79 Å². The fourth-order valence-corrected chi connectivity index (χ4v) is 3.03. The number of aromatic nitrogens is 3. The molecule has 2 N–H and O–H groups in total. The van der Waals surface area contributed by atoms with Crippen molar-refractivity contribution in [3.05, 3.63) is 36.2 Å². The molecule has 1 aliphatic carbocycles. The summed E-state index contributed by atoms with van der Waals surface area (Å²) in [5.74, 6) is 1.90. The third-order valence-electron chi connectivity index (χ3n) is 3.97. The van der Waals surface area contributed by atoms with Crippen molar-refractivity contribution >= 4 is 23.4 Å². The number of amides is 1. The van der Waals surface area contributed by atoms with Gasteiger partial charge in [0.05, 0.1) is 5.75 Å². The molecule has 0 bridgehead atoms. The van der Waals surface area contributed by atoms with Crippen LogP contribution >= 0.6 is 11.8 Å². The summed E-state index contributed by atoms with van der Waals surface area (Å²) < 4.78 is 0. The van der Waals surface area contributed by atoms with Crippen molar-refractivity contribution in [2.75, 3.05) is 30.8 Å². The molecule has 1 aromatic heterocycles. The predicted molar refractivity (Wildman–Crippen MR) is 96.4 cm³/mol. The zero-order valence-electron chi connectivity index (χ0n) is 13.9. The normalized spacial score (nSPS) is 13.7. The standard InChI is InChI=1S/C17H23N5OS/c1-22(14-6-3-2-4-7-14)11-5-10-18-15(23)12-24-17-19-16(20-21-17)13-8-9-13/h2-4,6-7,13H,5,8-12H2,1H3,(H,18,23)(H,19,20,21). The van der Waals surface area contributed by atoms with Gasteiger partial charge in [0, 0.05) is 31.7 Å². The molecule has 1 fully saturated rings. The molecule has 0 saturated heterocycles. The Hall–Kier alpha value is -2.02. The second-order valence-electron chi connectivity index (χ2n) is 6.03. The van der Waals surface area contributed by atoms with Crippen molar-refractivity contribution in [1.29, 1.82) is 0 Å². The highest BCUT2D eigenvalue weighted by molar-refractivity contribution is 7.99. The highest BCUT2D eigenvalue weighted by atomic mass is 32.2. The monoisotopic (exact) mass is 345 g/mol. The lowest BCUT2D eigenvalue weighted by molar-refractivity contribution is -0.118. The molecule has 1 saturated carbocycles. The van der Waals surface area contributed by atoms with Crippen LogP contribution in [0.4, 0.5) is 5.69 Å². The average Bonchev–Trinajstić information content (AvgIpc) is 3.36. The lowest BCUT2D eigenvalue weighted by Crippen LogP contribution is -2.29. The maximum absolute atomic E-state index is 11.9. The molecule has 1 aromatic carbocycles. The predicted octanol–water partition coefficient (Wildman–Crippen LogP) is 2.42. The van der Waals surface area contributed by atoms with Crippen LogP contribution in [0.25, 0.3) is 0 Å². The van der Waals surface area contributed by atoms with Gasteiger partial charge in [0.2, 0.25) is 11.1 Å². The van der Waals surface area contributed by atoms with E-state index in [9.17, 15) is 4.79 Å². The molecule has 128 valence electrons. The van der Waals surface area contributed by atoms with Gasteiger partial charge in [-0.05, 0) is 31.4 Å². The second-order valence-corrected chi connectivity index (χ2v) is 6.97. The summed E-state index contributed by atoms with van der Waals surface area (Å²) in [5.41, 5.74) is 1.19. The van der Waals surface area contributed by atoms with Gasteiger partial charge in [0.15, 0.2) is 0 Å². The van der Waals surface area contributed by atoms with Crippen LogP contribution in [0.15, 0.2) is 35.5 Å². The van der Waals surface area contributed by atoms with Crippen LogP contribution in [0.3, 0.4) is 0 Å². The lowest BCUT2D eigenvalue weighted by atomic mass is 10.3. The Bertz CT molecular complexity index is 656. The van der Waals surface area contributed by atoms with Gasteiger partial charge >= 0.3 is 0 Å². The summed E-state index contributed by atoms with van der Waals surface area (Å²) >= 11 is 1.38. The van der Waals surface area contributed by atoms with Crippen LogP contribution < -0.4 is 10.2 Å². The summed E-state index contributed by atoms with van der Waals surface area (Å²) in [7, 11) is 2.06. The first-order valence-electron chi connectivity index (χ1n) is 8.30. The second kappa shape index (κ2) is 8.19. The van der Waals surface area contributed by atoms with E-state index in [0.29, 0.717) is 23.4 Å². The van der Waals surface area contributed by atoms with Crippen molar-refractivity contribution < 1.29 is 4.79 Å². The van der Waals surface area contributed by atoms with Gasteiger partial charge < -0.3 is 10.2 Å². The van der Waals surface area contributed by atoms with E-state index in [4.69, 9.17) is 0 Å². The van der Waals surface area contributed by atoms with E-state index < -0.39 is 0 Å². The SMILES string of the molecule is CN(CCCNC(=O)CSc1n[nH]c(C2CC2)n1)c1ccccc1. The number of anilines is 1. The number of benzene rings is 1. The summed E-state index contributed by atoms with van der Waals surface area (Å²) in [6.45, 7) is 1.58. The molecule has 3 rings (SSSR count). The number of nitrogens with zero attached hydrogens (tertiary/aromatic N) is 3. The van der Waals surface area contributed by atoms with Crippen LogP contribution in [0.1, 0.15) is 31.0 Å². The summed E-state index contributed by atoms with van der Waals surface area (Å²) in [5, 5.41) is 10.7. The number of hydrogen-bond donors (Lipinski definition) is 2. The minimum Gasteiger partial charge on any atom is -0.375 e. The molecule has 0 atom stereocenters. The first-order chi connectivity index (χ1) is 11.7. The Morgan fingerprint density at radius 2 is 2.17 bits per heavy atom. The van der Waals surface area contributed by atoms with Gasteiger partial charge in [-0.15, -0.1) is 5.10 Å². The molecular weight excluding hydrogens is 322 g/mol. The first kappa shape index (κ1) is 16.8. The molecule has 6 nitrogen and oxygen atoms in total. The molecule has 2 aromatic rings. The number of aromatic amines is 1.